The summed E-state index contributed by atoms with van der Waals surface area (Å²) in [6.45, 7) is 5.86. The van der Waals surface area contributed by atoms with E-state index in [0.29, 0.717) is 12.5 Å². The summed E-state index contributed by atoms with van der Waals surface area (Å²) >= 11 is 0. The van der Waals surface area contributed by atoms with Gasteiger partial charge in [0.2, 0.25) is 5.91 Å². The number of hydrogen-bond donors (Lipinski definition) is 1. The molecule has 0 atom stereocenters. The first-order valence-corrected chi connectivity index (χ1v) is 7.67. The van der Waals surface area contributed by atoms with E-state index in [1.165, 1.54) is 5.56 Å². The first kappa shape index (κ1) is 16.0. The zero-order valence-electron chi connectivity index (χ0n) is 13.2. The van der Waals surface area contributed by atoms with E-state index in [2.05, 4.69) is 36.3 Å². The molecule has 0 saturated carbocycles. The van der Waals surface area contributed by atoms with Crippen LogP contribution in [0.15, 0.2) is 49.1 Å². The molecule has 0 aliphatic carbocycles. The second-order valence-electron chi connectivity index (χ2n) is 5.60. The number of carbonyl (C=O) groups excluding carboxylic acids is 1. The van der Waals surface area contributed by atoms with Gasteiger partial charge in [0, 0.05) is 31.6 Å². The Bertz CT molecular complexity index is 598. The van der Waals surface area contributed by atoms with Crippen molar-refractivity contribution in [2.24, 2.45) is 0 Å². The van der Waals surface area contributed by atoms with Crippen molar-refractivity contribution in [1.29, 1.82) is 0 Å². The van der Waals surface area contributed by atoms with E-state index in [1.807, 2.05) is 29.0 Å². The van der Waals surface area contributed by atoms with Crippen molar-refractivity contribution in [2.45, 2.75) is 32.7 Å². The third-order valence-electron chi connectivity index (χ3n) is 3.48. The first-order chi connectivity index (χ1) is 10.6. The fraction of sp³-hybridized carbons (Fsp3) is 0.333. The highest BCUT2D eigenvalue weighted by molar-refractivity contribution is 5.91. The van der Waals surface area contributed by atoms with Crippen LogP contribution < -0.4 is 5.32 Å². The first-order valence-electron chi connectivity index (χ1n) is 7.67. The topological polar surface area (TPSA) is 46.9 Å². The Balaban J connectivity index is 1.71. The van der Waals surface area contributed by atoms with Crippen LogP contribution in [0, 0.1) is 0 Å². The Kier molecular flexibility index (Phi) is 5.95. The fourth-order valence-corrected chi connectivity index (χ4v) is 2.12. The van der Waals surface area contributed by atoms with E-state index in [9.17, 15) is 4.79 Å². The molecule has 22 heavy (non-hydrogen) atoms. The lowest BCUT2D eigenvalue weighted by atomic mass is 10.0. The van der Waals surface area contributed by atoms with E-state index >= 15 is 0 Å². The molecule has 0 aliphatic rings. The van der Waals surface area contributed by atoms with Gasteiger partial charge in [0.15, 0.2) is 0 Å². The SMILES string of the molecule is CC(C)c1ccc(C=CC(=O)NCCCn2ccnc2)cc1. The smallest absolute Gasteiger partial charge is 0.244 e. The third kappa shape index (κ3) is 5.20. The van der Waals surface area contributed by atoms with Crippen LogP contribution in [0.4, 0.5) is 0 Å². The zero-order chi connectivity index (χ0) is 15.8. The normalized spacial score (nSPS) is 11.2. The van der Waals surface area contributed by atoms with E-state index < -0.39 is 0 Å². The predicted molar refractivity (Wildman–Crippen MR) is 89.4 cm³/mol. The molecule has 1 aromatic carbocycles. The molecule has 0 radical (unpaired) electrons. The van der Waals surface area contributed by atoms with Crippen LogP contribution in [0.25, 0.3) is 6.08 Å². The maximum absolute atomic E-state index is 11.7. The van der Waals surface area contributed by atoms with Crippen molar-refractivity contribution in [3.05, 3.63) is 60.2 Å². The quantitative estimate of drug-likeness (QED) is 0.630. The molecule has 1 N–H and O–H groups in total. The maximum Gasteiger partial charge on any atom is 0.244 e. The van der Waals surface area contributed by atoms with Crippen molar-refractivity contribution >= 4 is 12.0 Å². The number of imidazole rings is 1. The molecule has 0 unspecified atom stereocenters. The molecule has 2 rings (SSSR count). The molecule has 1 heterocycles. The summed E-state index contributed by atoms with van der Waals surface area (Å²) in [6, 6.07) is 8.29. The molecule has 0 saturated heterocycles. The lowest BCUT2D eigenvalue weighted by Crippen LogP contribution is -2.22. The molecule has 1 aromatic heterocycles. The number of rotatable bonds is 7. The van der Waals surface area contributed by atoms with E-state index in [0.717, 1.165) is 18.5 Å². The molecule has 0 aliphatic heterocycles. The number of hydrogen-bond acceptors (Lipinski definition) is 2. The number of carbonyl (C=O) groups is 1. The Morgan fingerprint density at radius 2 is 2.09 bits per heavy atom. The Morgan fingerprint density at radius 3 is 2.73 bits per heavy atom. The van der Waals surface area contributed by atoms with Gasteiger partial charge in [-0.15, -0.1) is 0 Å². The molecule has 0 fully saturated rings. The lowest BCUT2D eigenvalue weighted by Gasteiger charge is -2.05. The molecule has 2 aromatic rings. The molecule has 4 nitrogen and oxygen atoms in total. The average molecular weight is 297 g/mol. The van der Waals surface area contributed by atoms with Crippen LogP contribution in [0.2, 0.25) is 0 Å². The minimum absolute atomic E-state index is 0.0569. The van der Waals surface area contributed by atoms with Crippen LogP contribution in [-0.2, 0) is 11.3 Å². The van der Waals surface area contributed by atoms with Crippen LogP contribution in [0.1, 0.15) is 37.3 Å². The van der Waals surface area contributed by atoms with Gasteiger partial charge in [0.25, 0.3) is 0 Å². The van der Waals surface area contributed by atoms with Gasteiger partial charge in [-0.1, -0.05) is 38.1 Å². The summed E-state index contributed by atoms with van der Waals surface area (Å²) in [7, 11) is 0. The standard InChI is InChI=1S/C18H23N3O/c1-15(2)17-7-4-16(5-8-17)6-9-18(22)20-10-3-12-21-13-11-19-14-21/h4-9,11,13-15H,3,10,12H2,1-2H3,(H,20,22). The highest BCUT2D eigenvalue weighted by atomic mass is 16.1. The van der Waals surface area contributed by atoms with Crippen molar-refractivity contribution < 1.29 is 4.79 Å². The number of amides is 1. The summed E-state index contributed by atoms with van der Waals surface area (Å²) in [4.78, 5) is 15.7. The lowest BCUT2D eigenvalue weighted by molar-refractivity contribution is -0.116. The van der Waals surface area contributed by atoms with Gasteiger partial charge in [-0.3, -0.25) is 4.79 Å². The van der Waals surface area contributed by atoms with Gasteiger partial charge in [0.05, 0.1) is 6.33 Å². The minimum atomic E-state index is -0.0569. The number of nitrogens with one attached hydrogen (secondary N) is 1. The van der Waals surface area contributed by atoms with Gasteiger partial charge < -0.3 is 9.88 Å². The summed E-state index contributed by atoms with van der Waals surface area (Å²) < 4.78 is 2.00. The Labute approximate surface area is 131 Å². The minimum Gasteiger partial charge on any atom is -0.352 e. The van der Waals surface area contributed by atoms with E-state index in [1.54, 1.807) is 18.6 Å². The van der Waals surface area contributed by atoms with Gasteiger partial charge in [-0.2, -0.15) is 0 Å². The fourth-order valence-electron chi connectivity index (χ4n) is 2.12. The maximum atomic E-state index is 11.7. The number of aromatic nitrogens is 2. The molecular weight excluding hydrogens is 274 g/mol. The molecule has 116 valence electrons. The second-order valence-corrected chi connectivity index (χ2v) is 5.60. The van der Waals surface area contributed by atoms with Gasteiger partial charge in [-0.25, -0.2) is 4.98 Å². The summed E-state index contributed by atoms with van der Waals surface area (Å²) in [6.07, 6.45) is 9.77. The molecule has 1 amide bonds. The summed E-state index contributed by atoms with van der Waals surface area (Å²) in [5, 5.41) is 2.89. The van der Waals surface area contributed by atoms with Gasteiger partial charge in [0.1, 0.15) is 0 Å². The van der Waals surface area contributed by atoms with Crippen molar-refractivity contribution in [3.8, 4) is 0 Å². The van der Waals surface area contributed by atoms with E-state index in [-0.39, 0.29) is 5.91 Å². The van der Waals surface area contributed by atoms with Crippen molar-refractivity contribution in [3.63, 3.8) is 0 Å². The number of benzene rings is 1. The Hall–Kier alpha value is -2.36. The summed E-state index contributed by atoms with van der Waals surface area (Å²) in [5.41, 5.74) is 2.35. The van der Waals surface area contributed by atoms with Crippen LogP contribution in [0.5, 0.6) is 0 Å². The van der Waals surface area contributed by atoms with E-state index in [4.69, 9.17) is 0 Å². The van der Waals surface area contributed by atoms with Crippen molar-refractivity contribution in [1.82, 2.24) is 14.9 Å². The van der Waals surface area contributed by atoms with Gasteiger partial charge >= 0.3 is 0 Å². The molecule has 4 heteroatoms. The number of nitrogens with zero attached hydrogens (tertiary/aromatic N) is 2. The van der Waals surface area contributed by atoms with Crippen LogP contribution in [0.3, 0.4) is 0 Å². The number of aryl methyl sites for hydroxylation is 1. The predicted octanol–water partition coefficient (Wildman–Crippen LogP) is 3.23. The van der Waals surface area contributed by atoms with Crippen molar-refractivity contribution in [2.75, 3.05) is 6.54 Å². The van der Waals surface area contributed by atoms with Crippen LogP contribution >= 0.6 is 0 Å². The highest BCUT2D eigenvalue weighted by Gasteiger charge is 1.98. The molecule has 0 bridgehead atoms. The van der Waals surface area contributed by atoms with Crippen LogP contribution in [-0.4, -0.2) is 22.0 Å². The average Bonchev–Trinajstić information content (AvgIpc) is 3.03. The molecule has 0 spiro atoms. The second kappa shape index (κ2) is 8.17. The summed E-state index contributed by atoms with van der Waals surface area (Å²) in [5.74, 6) is 0.468. The third-order valence-corrected chi connectivity index (χ3v) is 3.48. The monoisotopic (exact) mass is 297 g/mol. The molecular formula is C18H23N3O. The zero-order valence-corrected chi connectivity index (χ0v) is 13.2. The largest absolute Gasteiger partial charge is 0.352 e. The highest BCUT2D eigenvalue weighted by Crippen LogP contribution is 2.15. The van der Waals surface area contributed by atoms with Gasteiger partial charge in [-0.05, 0) is 29.5 Å². The Morgan fingerprint density at radius 1 is 1.32 bits per heavy atom.